The lowest BCUT2D eigenvalue weighted by Crippen LogP contribution is -2.48. The zero-order valence-electron chi connectivity index (χ0n) is 14.2. The van der Waals surface area contributed by atoms with Gasteiger partial charge in [0, 0.05) is 29.5 Å². The van der Waals surface area contributed by atoms with Crippen molar-refractivity contribution in [2.75, 3.05) is 0 Å². The lowest BCUT2D eigenvalue weighted by Gasteiger charge is -2.39. The molecule has 0 aliphatic carbocycles. The lowest BCUT2D eigenvalue weighted by molar-refractivity contribution is -0.155. The second-order valence-electron chi connectivity index (χ2n) is 6.77. The molecular formula is C19H20O5. The zero-order chi connectivity index (χ0) is 17.5. The molecule has 0 saturated heterocycles. The van der Waals surface area contributed by atoms with Crippen molar-refractivity contribution in [1.82, 2.24) is 0 Å². The Bertz CT molecular complexity index is 884. The van der Waals surface area contributed by atoms with Crippen molar-refractivity contribution in [2.45, 2.75) is 45.8 Å². The highest BCUT2D eigenvalue weighted by molar-refractivity contribution is 5.84. The van der Waals surface area contributed by atoms with Crippen LogP contribution in [0.25, 0.3) is 11.0 Å². The molecule has 2 aromatic rings. The van der Waals surface area contributed by atoms with Gasteiger partial charge in [0.1, 0.15) is 23.0 Å². The summed E-state index contributed by atoms with van der Waals surface area (Å²) in [5, 5.41) is 0.811. The molecule has 0 N–H and O–H groups in total. The van der Waals surface area contributed by atoms with Crippen LogP contribution in [0.15, 0.2) is 45.1 Å². The first-order valence-corrected chi connectivity index (χ1v) is 7.86. The fourth-order valence-electron chi connectivity index (χ4n) is 2.83. The van der Waals surface area contributed by atoms with Crippen LogP contribution in [-0.4, -0.2) is 17.7 Å². The first-order valence-electron chi connectivity index (χ1n) is 7.86. The van der Waals surface area contributed by atoms with Crippen molar-refractivity contribution in [3.8, 4) is 5.75 Å². The van der Waals surface area contributed by atoms with E-state index in [-0.39, 0.29) is 0 Å². The first-order chi connectivity index (χ1) is 11.3. The summed E-state index contributed by atoms with van der Waals surface area (Å²) in [4.78, 5) is 23.6. The molecule has 0 amide bonds. The smallest absolute Gasteiger partial charge is 0.336 e. The van der Waals surface area contributed by atoms with Crippen molar-refractivity contribution >= 4 is 16.9 Å². The van der Waals surface area contributed by atoms with Gasteiger partial charge in [-0.25, -0.2) is 9.59 Å². The summed E-state index contributed by atoms with van der Waals surface area (Å²) < 4.78 is 17.0. The minimum Gasteiger partial charge on any atom is -0.484 e. The second kappa shape index (κ2) is 5.82. The van der Waals surface area contributed by atoms with E-state index in [1.807, 2.05) is 39.8 Å². The van der Waals surface area contributed by atoms with Crippen LogP contribution in [-0.2, 0) is 16.0 Å². The fourth-order valence-corrected chi connectivity index (χ4v) is 2.83. The number of carbonyl (C=O) groups excluding carboxylic acids is 1. The van der Waals surface area contributed by atoms with Gasteiger partial charge >= 0.3 is 11.6 Å². The number of allylic oxidation sites excluding steroid dienone is 1. The topological polar surface area (TPSA) is 65.7 Å². The van der Waals surface area contributed by atoms with Crippen LogP contribution < -0.4 is 10.4 Å². The van der Waals surface area contributed by atoms with Gasteiger partial charge in [-0.15, -0.1) is 0 Å². The highest BCUT2D eigenvalue weighted by atomic mass is 16.6. The molecular weight excluding hydrogens is 308 g/mol. The maximum atomic E-state index is 12.0. The maximum Gasteiger partial charge on any atom is 0.336 e. The summed E-state index contributed by atoms with van der Waals surface area (Å²) in [5.74, 6) is 0.248. The van der Waals surface area contributed by atoms with E-state index in [1.165, 1.54) is 12.1 Å². The van der Waals surface area contributed by atoms with Gasteiger partial charge in [-0.05, 0) is 45.9 Å². The second-order valence-corrected chi connectivity index (χ2v) is 6.77. The molecule has 0 fully saturated rings. The van der Waals surface area contributed by atoms with Crippen molar-refractivity contribution in [3.63, 3.8) is 0 Å². The van der Waals surface area contributed by atoms with Gasteiger partial charge in [-0.3, -0.25) is 0 Å². The molecule has 1 atom stereocenters. The SMILES string of the molecule is CC(C)=CC(=O)O[C@H]1Cc2c(ccc3ccc(=O)oc23)OC1(C)C. The van der Waals surface area contributed by atoms with Crippen LogP contribution >= 0.6 is 0 Å². The van der Waals surface area contributed by atoms with Crippen molar-refractivity contribution in [1.29, 1.82) is 0 Å². The number of ether oxygens (including phenoxy) is 2. The third kappa shape index (κ3) is 3.07. The van der Waals surface area contributed by atoms with Crippen LogP contribution in [0.1, 0.15) is 33.3 Å². The molecule has 24 heavy (non-hydrogen) atoms. The van der Waals surface area contributed by atoms with Crippen molar-refractivity contribution < 1.29 is 18.7 Å². The maximum absolute atomic E-state index is 12.0. The Labute approximate surface area is 139 Å². The molecule has 1 aliphatic rings. The molecule has 0 saturated carbocycles. The van der Waals surface area contributed by atoms with Gasteiger partial charge in [0.25, 0.3) is 0 Å². The Hall–Kier alpha value is -2.56. The van der Waals surface area contributed by atoms with Crippen LogP contribution in [0.4, 0.5) is 0 Å². The lowest BCUT2D eigenvalue weighted by atomic mass is 9.90. The monoisotopic (exact) mass is 328 g/mol. The third-order valence-electron chi connectivity index (χ3n) is 4.05. The number of benzene rings is 1. The van der Waals surface area contributed by atoms with E-state index in [9.17, 15) is 9.59 Å². The standard InChI is InChI=1S/C19H20O5/c1-11(2)9-17(21)22-15-10-13-14(24-19(15,3)4)7-5-12-6-8-16(20)23-18(12)13/h5-9,15H,10H2,1-4H3/t15-/m0/s1. The first kappa shape index (κ1) is 16.3. The van der Waals surface area contributed by atoms with Gasteiger partial charge in [-0.2, -0.15) is 0 Å². The van der Waals surface area contributed by atoms with E-state index in [0.717, 1.165) is 16.5 Å². The largest absolute Gasteiger partial charge is 0.484 e. The van der Waals surface area contributed by atoms with Gasteiger partial charge in [0.2, 0.25) is 0 Å². The average molecular weight is 328 g/mol. The van der Waals surface area contributed by atoms with E-state index in [4.69, 9.17) is 13.9 Å². The molecule has 0 radical (unpaired) electrons. The Balaban J connectivity index is 2.02. The van der Waals surface area contributed by atoms with E-state index in [2.05, 4.69) is 0 Å². The molecule has 0 spiro atoms. The van der Waals surface area contributed by atoms with Crippen molar-refractivity contribution in [3.05, 3.63) is 51.9 Å². The molecule has 2 heterocycles. The average Bonchev–Trinajstić information content (AvgIpc) is 2.46. The molecule has 5 heteroatoms. The number of esters is 1. The summed E-state index contributed by atoms with van der Waals surface area (Å²) in [7, 11) is 0. The molecule has 5 nitrogen and oxygen atoms in total. The Morgan fingerprint density at radius 2 is 1.96 bits per heavy atom. The van der Waals surface area contributed by atoms with E-state index in [0.29, 0.717) is 17.8 Å². The molecule has 1 aliphatic heterocycles. The molecule has 126 valence electrons. The summed E-state index contributed by atoms with van der Waals surface area (Å²) in [6.07, 6.45) is 1.40. The number of fused-ring (bicyclic) bond motifs is 3. The molecule has 1 aromatic heterocycles. The number of hydrogen-bond donors (Lipinski definition) is 0. The molecule has 0 bridgehead atoms. The number of hydrogen-bond acceptors (Lipinski definition) is 5. The van der Waals surface area contributed by atoms with Gasteiger partial charge in [0.15, 0.2) is 0 Å². The van der Waals surface area contributed by atoms with E-state index >= 15 is 0 Å². The Kier molecular flexibility index (Phi) is 3.95. The Morgan fingerprint density at radius 3 is 2.67 bits per heavy atom. The zero-order valence-corrected chi connectivity index (χ0v) is 14.2. The highest BCUT2D eigenvalue weighted by Crippen LogP contribution is 2.38. The number of rotatable bonds is 2. The predicted molar refractivity (Wildman–Crippen MR) is 90.2 cm³/mol. The fraction of sp³-hybridized carbons (Fsp3) is 0.368. The Morgan fingerprint density at radius 1 is 1.25 bits per heavy atom. The van der Waals surface area contributed by atoms with Crippen LogP contribution in [0.5, 0.6) is 5.75 Å². The minimum absolute atomic E-state index is 0.401. The minimum atomic E-state index is -0.680. The van der Waals surface area contributed by atoms with E-state index in [1.54, 1.807) is 6.07 Å². The van der Waals surface area contributed by atoms with Gasteiger partial charge in [-0.1, -0.05) is 5.57 Å². The summed E-state index contributed by atoms with van der Waals surface area (Å²) in [6, 6.07) is 6.80. The summed E-state index contributed by atoms with van der Waals surface area (Å²) >= 11 is 0. The molecule has 0 unspecified atom stereocenters. The van der Waals surface area contributed by atoms with Crippen molar-refractivity contribution in [2.24, 2.45) is 0 Å². The van der Waals surface area contributed by atoms with Gasteiger partial charge < -0.3 is 13.9 Å². The van der Waals surface area contributed by atoms with Crippen LogP contribution in [0.2, 0.25) is 0 Å². The van der Waals surface area contributed by atoms with Crippen LogP contribution in [0, 0.1) is 0 Å². The molecule has 3 rings (SSSR count). The van der Waals surface area contributed by atoms with Crippen LogP contribution in [0.3, 0.4) is 0 Å². The van der Waals surface area contributed by atoms with Gasteiger partial charge in [0.05, 0.1) is 0 Å². The number of carbonyl (C=O) groups is 1. The quantitative estimate of drug-likeness (QED) is 0.480. The predicted octanol–water partition coefficient (Wildman–Crippen LogP) is 3.38. The third-order valence-corrected chi connectivity index (χ3v) is 4.05. The normalized spacial score (nSPS) is 18.4. The van der Waals surface area contributed by atoms with E-state index < -0.39 is 23.3 Å². The summed E-state index contributed by atoms with van der Waals surface area (Å²) in [5.41, 5.74) is 1.00. The summed E-state index contributed by atoms with van der Waals surface area (Å²) in [6.45, 7) is 7.42. The molecule has 1 aromatic carbocycles. The highest BCUT2D eigenvalue weighted by Gasteiger charge is 2.40.